The molecule has 0 bridgehead atoms. The minimum Gasteiger partial charge on any atom is -0.322 e. The topological polar surface area (TPSA) is 38.9 Å². The van der Waals surface area contributed by atoms with Gasteiger partial charge in [0.05, 0.1) is 26.8 Å². The molecule has 0 saturated carbocycles. The molecule has 90 valence electrons. The van der Waals surface area contributed by atoms with E-state index in [0.29, 0.717) is 15.1 Å². The summed E-state index contributed by atoms with van der Waals surface area (Å²) in [6.07, 6.45) is 0. The third kappa shape index (κ3) is 2.59. The van der Waals surface area contributed by atoms with Gasteiger partial charge in [-0.15, -0.1) is 11.3 Å². The van der Waals surface area contributed by atoms with Crippen LogP contribution in [0.2, 0.25) is 15.1 Å². The van der Waals surface area contributed by atoms with Gasteiger partial charge in [0.15, 0.2) is 0 Å². The lowest BCUT2D eigenvalue weighted by Gasteiger charge is -2.04. The predicted molar refractivity (Wildman–Crippen MR) is 75.2 cm³/mol. The second-order valence-corrected chi connectivity index (χ2v) is 5.64. The van der Waals surface area contributed by atoms with E-state index in [1.165, 1.54) is 11.3 Å². The Morgan fingerprint density at radius 1 is 1.24 bits per heavy atom. The van der Waals surface area contributed by atoms with E-state index in [-0.39, 0.29) is 6.04 Å². The Morgan fingerprint density at radius 2 is 1.94 bits per heavy atom. The third-order valence-electron chi connectivity index (χ3n) is 2.22. The lowest BCUT2D eigenvalue weighted by atomic mass is 10.2. The summed E-state index contributed by atoms with van der Waals surface area (Å²) in [6.45, 7) is 1.89. The molecular weight excluding hydrogens is 299 g/mol. The summed E-state index contributed by atoms with van der Waals surface area (Å²) in [4.78, 5) is 4.42. The van der Waals surface area contributed by atoms with E-state index in [2.05, 4.69) is 4.98 Å². The van der Waals surface area contributed by atoms with Crippen LogP contribution < -0.4 is 5.73 Å². The highest BCUT2D eigenvalue weighted by Crippen LogP contribution is 2.38. The van der Waals surface area contributed by atoms with Crippen LogP contribution >= 0.6 is 46.1 Å². The molecule has 2 N–H and O–H groups in total. The maximum absolute atomic E-state index is 6.14. The fraction of sp³-hybridized carbons (Fsp3) is 0.182. The molecule has 1 atom stereocenters. The maximum atomic E-state index is 6.14. The monoisotopic (exact) mass is 306 g/mol. The molecule has 0 saturated heterocycles. The molecule has 2 aromatic rings. The van der Waals surface area contributed by atoms with Gasteiger partial charge in [0.25, 0.3) is 0 Å². The Balaban J connectivity index is 2.49. The van der Waals surface area contributed by atoms with E-state index in [0.717, 1.165) is 16.3 Å². The van der Waals surface area contributed by atoms with Gasteiger partial charge in [0, 0.05) is 10.9 Å². The van der Waals surface area contributed by atoms with Crippen LogP contribution in [0.3, 0.4) is 0 Å². The van der Waals surface area contributed by atoms with Gasteiger partial charge >= 0.3 is 0 Å². The number of benzene rings is 1. The molecule has 2 rings (SSSR count). The Kier molecular flexibility index (Phi) is 3.95. The summed E-state index contributed by atoms with van der Waals surface area (Å²) >= 11 is 19.5. The summed E-state index contributed by atoms with van der Waals surface area (Å²) in [5.74, 6) is 0. The number of nitrogens with zero attached hydrogens (tertiary/aromatic N) is 1. The van der Waals surface area contributed by atoms with Crippen molar-refractivity contribution < 1.29 is 0 Å². The molecule has 0 fully saturated rings. The molecule has 6 heteroatoms. The normalized spacial score (nSPS) is 12.8. The van der Waals surface area contributed by atoms with E-state index in [4.69, 9.17) is 40.5 Å². The number of nitrogens with two attached hydrogens (primary N) is 1. The minimum absolute atomic E-state index is 0.0877. The van der Waals surface area contributed by atoms with Crippen LogP contribution in [0.1, 0.15) is 18.0 Å². The molecule has 0 aliphatic carbocycles. The zero-order valence-electron chi connectivity index (χ0n) is 8.88. The van der Waals surface area contributed by atoms with Gasteiger partial charge in [-0.1, -0.05) is 34.8 Å². The molecule has 0 aliphatic heterocycles. The standard InChI is InChI=1S/C11H9Cl3N2S/c1-5(15)11-16-8(4-17-11)6-2-3-7(12)10(14)9(6)13/h2-5H,15H2,1H3. The molecule has 1 aromatic heterocycles. The van der Waals surface area contributed by atoms with E-state index >= 15 is 0 Å². The minimum atomic E-state index is -0.0877. The Morgan fingerprint density at radius 3 is 2.53 bits per heavy atom. The van der Waals surface area contributed by atoms with Gasteiger partial charge in [-0.25, -0.2) is 4.98 Å². The number of thiazole rings is 1. The number of hydrogen-bond acceptors (Lipinski definition) is 3. The van der Waals surface area contributed by atoms with Crippen LogP contribution in [0.25, 0.3) is 11.3 Å². The van der Waals surface area contributed by atoms with Crippen molar-refractivity contribution in [1.82, 2.24) is 4.98 Å². The molecule has 0 radical (unpaired) electrons. The summed E-state index contributed by atoms with van der Waals surface area (Å²) < 4.78 is 0. The first-order valence-corrected chi connectivity index (χ1v) is 6.87. The Labute approximate surface area is 118 Å². The number of aromatic nitrogens is 1. The van der Waals surface area contributed by atoms with Crippen LogP contribution in [0.4, 0.5) is 0 Å². The molecule has 0 aliphatic rings. The van der Waals surface area contributed by atoms with Crippen LogP contribution in [0, 0.1) is 0 Å². The predicted octanol–water partition coefficient (Wildman–Crippen LogP) is 4.79. The van der Waals surface area contributed by atoms with E-state index in [1.807, 2.05) is 12.3 Å². The molecule has 0 amide bonds. The van der Waals surface area contributed by atoms with Gasteiger partial charge in [-0.2, -0.15) is 0 Å². The van der Waals surface area contributed by atoms with Crippen molar-refractivity contribution in [3.63, 3.8) is 0 Å². The van der Waals surface area contributed by atoms with Gasteiger partial charge in [0.1, 0.15) is 5.01 Å². The zero-order chi connectivity index (χ0) is 12.6. The SMILES string of the molecule is CC(N)c1nc(-c2ccc(Cl)c(Cl)c2Cl)cs1. The van der Waals surface area contributed by atoms with Crippen LogP contribution in [0.15, 0.2) is 17.5 Å². The highest BCUT2D eigenvalue weighted by Gasteiger charge is 2.14. The average molecular weight is 308 g/mol. The van der Waals surface area contributed by atoms with E-state index in [1.54, 1.807) is 12.1 Å². The van der Waals surface area contributed by atoms with Crippen molar-refractivity contribution >= 4 is 46.1 Å². The highest BCUT2D eigenvalue weighted by molar-refractivity contribution is 7.10. The second-order valence-electron chi connectivity index (χ2n) is 3.58. The number of hydrogen-bond donors (Lipinski definition) is 1. The number of halogens is 3. The molecule has 17 heavy (non-hydrogen) atoms. The van der Waals surface area contributed by atoms with E-state index < -0.39 is 0 Å². The smallest absolute Gasteiger partial charge is 0.110 e. The number of rotatable bonds is 2. The largest absolute Gasteiger partial charge is 0.322 e. The van der Waals surface area contributed by atoms with Crippen molar-refractivity contribution in [3.05, 3.63) is 37.6 Å². The molecular formula is C11H9Cl3N2S. The summed E-state index contributed by atoms with van der Waals surface area (Å²) in [5, 5.41) is 3.97. The molecule has 1 aromatic carbocycles. The van der Waals surface area contributed by atoms with Crippen molar-refractivity contribution in [2.75, 3.05) is 0 Å². The van der Waals surface area contributed by atoms with Crippen molar-refractivity contribution in [2.45, 2.75) is 13.0 Å². The average Bonchev–Trinajstić information content (AvgIpc) is 2.75. The zero-order valence-corrected chi connectivity index (χ0v) is 12.0. The van der Waals surface area contributed by atoms with Gasteiger partial charge < -0.3 is 5.73 Å². The fourth-order valence-corrected chi connectivity index (χ4v) is 2.75. The van der Waals surface area contributed by atoms with Gasteiger partial charge in [0.2, 0.25) is 0 Å². The van der Waals surface area contributed by atoms with Crippen molar-refractivity contribution in [3.8, 4) is 11.3 Å². The van der Waals surface area contributed by atoms with Crippen LogP contribution in [-0.4, -0.2) is 4.98 Å². The Bertz CT molecular complexity index is 552. The lowest BCUT2D eigenvalue weighted by molar-refractivity contribution is 0.808. The quantitative estimate of drug-likeness (QED) is 0.810. The molecule has 0 spiro atoms. The second kappa shape index (κ2) is 5.12. The van der Waals surface area contributed by atoms with Gasteiger partial charge in [-0.05, 0) is 19.1 Å². The van der Waals surface area contributed by atoms with Crippen LogP contribution in [0.5, 0.6) is 0 Å². The first-order chi connectivity index (χ1) is 8.00. The fourth-order valence-electron chi connectivity index (χ4n) is 1.34. The van der Waals surface area contributed by atoms with Gasteiger partial charge in [-0.3, -0.25) is 0 Å². The first-order valence-electron chi connectivity index (χ1n) is 4.85. The van der Waals surface area contributed by atoms with Crippen LogP contribution in [-0.2, 0) is 0 Å². The molecule has 1 heterocycles. The third-order valence-corrected chi connectivity index (χ3v) is 4.56. The van der Waals surface area contributed by atoms with Crippen molar-refractivity contribution in [2.24, 2.45) is 5.73 Å². The lowest BCUT2D eigenvalue weighted by Crippen LogP contribution is -2.03. The first kappa shape index (κ1) is 13.1. The summed E-state index contributed by atoms with van der Waals surface area (Å²) in [7, 11) is 0. The van der Waals surface area contributed by atoms with E-state index in [9.17, 15) is 0 Å². The summed E-state index contributed by atoms with van der Waals surface area (Å²) in [6, 6.07) is 3.42. The summed E-state index contributed by atoms with van der Waals surface area (Å²) in [5.41, 5.74) is 7.30. The molecule has 1 unspecified atom stereocenters. The maximum Gasteiger partial charge on any atom is 0.110 e. The molecule has 2 nitrogen and oxygen atoms in total. The Hall–Kier alpha value is -0.320. The van der Waals surface area contributed by atoms with Crippen molar-refractivity contribution in [1.29, 1.82) is 0 Å². The highest BCUT2D eigenvalue weighted by atomic mass is 35.5.